The molecule has 4 aliphatic heterocycles. The summed E-state index contributed by atoms with van der Waals surface area (Å²) in [6, 6.07) is 11.0. The molecule has 7 rings (SSSR count). The highest BCUT2D eigenvalue weighted by molar-refractivity contribution is 9.09. The van der Waals surface area contributed by atoms with Crippen LogP contribution in [0, 0.1) is 0 Å². The summed E-state index contributed by atoms with van der Waals surface area (Å²) in [5.74, 6) is -1.28. The van der Waals surface area contributed by atoms with Gasteiger partial charge in [0.25, 0.3) is 10.1 Å². The first-order chi connectivity index (χ1) is 54.5. The Labute approximate surface area is 707 Å². The number of rotatable bonds is 34. The first-order valence-electron chi connectivity index (χ1n) is 37.7. The SMILES string of the molecule is CCCC(=O)c1cc(C(=O)CCC)c2c(c1)[N+](CCCS(=O)(=O)[O-])=C(C)C2(C)C.CCCC(=O)c1cc2c(c(C(=O)CCC)c1)C(C)(C)C(C)=N2.CCCCC(=O)c1cc(C(=O)CCC)c2c(c1)[N+](CCCCCC(=O)O)=C(C)C2(C)C.O=C(O)CCCCCBr.O=S(=O)=O.O=S(=O)=O.O=S(=O)=O.O=S(=O)=O.O=S(=O)=O.O=S1(=O)CCCO1. The summed E-state index contributed by atoms with van der Waals surface area (Å²) < 4.78 is 189. The van der Waals surface area contributed by atoms with Crippen molar-refractivity contribution in [1.82, 2.24) is 0 Å². The first kappa shape index (κ1) is 114. The number of carbonyl (C=O) groups excluding carboxylic acids is 6. The zero-order valence-corrected chi connectivity index (χ0v) is 76.6. The van der Waals surface area contributed by atoms with Gasteiger partial charge in [0.1, 0.15) is 13.1 Å². The second kappa shape index (κ2) is 57.3. The van der Waals surface area contributed by atoms with Gasteiger partial charge in [0.05, 0.1) is 50.1 Å². The molecule has 0 bridgehead atoms. The third kappa shape index (κ3) is 43.3. The van der Waals surface area contributed by atoms with Gasteiger partial charge in [-0.05, 0) is 135 Å². The normalized spacial score (nSPS) is 13.9. The van der Waals surface area contributed by atoms with E-state index in [0.29, 0.717) is 104 Å². The highest BCUT2D eigenvalue weighted by atomic mass is 79.9. The number of halogens is 1. The number of unbranched alkanes of at least 4 members (excludes halogenated alkanes) is 5. The van der Waals surface area contributed by atoms with Crippen molar-refractivity contribution in [2.24, 2.45) is 4.99 Å². The van der Waals surface area contributed by atoms with Crippen LogP contribution in [0.4, 0.5) is 17.1 Å². The fourth-order valence-electron chi connectivity index (χ4n) is 12.4. The Morgan fingerprint density at radius 1 is 0.449 bits per heavy atom. The molecule has 1 fully saturated rings. The van der Waals surface area contributed by atoms with Gasteiger partial charge in [-0.2, -0.15) is 17.6 Å². The predicted molar refractivity (Wildman–Crippen MR) is 440 cm³/mol. The number of Topliss-reactive ketones (excluding diaryl/α,β-unsaturated/α-hetero) is 6. The second-order valence-electron chi connectivity index (χ2n) is 28.4. The van der Waals surface area contributed by atoms with Crippen molar-refractivity contribution in [2.45, 2.75) is 268 Å². The van der Waals surface area contributed by atoms with E-state index in [1.165, 1.54) is 5.71 Å². The van der Waals surface area contributed by atoms with Crippen LogP contribution in [0.25, 0.3) is 0 Å². The van der Waals surface area contributed by atoms with Crippen LogP contribution in [-0.2, 0) is 103 Å². The van der Waals surface area contributed by atoms with Crippen molar-refractivity contribution in [3.63, 3.8) is 0 Å². The van der Waals surface area contributed by atoms with Crippen LogP contribution in [0.3, 0.4) is 0 Å². The number of fused-ring (bicyclic) bond motifs is 3. The fourth-order valence-corrected chi connectivity index (χ4v) is 14.3. The fraction of sp³-hybridized carbons (Fsp3) is 0.618. The molecule has 1 saturated heterocycles. The molecule has 2 N–H and O–H groups in total. The van der Waals surface area contributed by atoms with Gasteiger partial charge in [-0.15, -0.1) is 63.1 Å². The van der Waals surface area contributed by atoms with Crippen LogP contribution < -0.4 is 0 Å². The Hall–Kier alpha value is -7.97. The molecule has 0 amide bonds. The summed E-state index contributed by atoms with van der Waals surface area (Å²) in [6.07, 6.45) is 15.0. The molecule has 0 aromatic heterocycles. The quantitative estimate of drug-likeness (QED) is 0.0140. The van der Waals surface area contributed by atoms with Gasteiger partial charge in [-0.1, -0.05) is 84.2 Å². The second-order valence-corrected chi connectivity index (χ2v) is 34.5. The van der Waals surface area contributed by atoms with E-state index >= 15 is 0 Å². The number of hydrogen-bond acceptors (Lipinski definition) is 30. The summed E-state index contributed by atoms with van der Waals surface area (Å²) in [5, 5.41) is 18.0. The first-order valence-corrected chi connectivity index (χ1v) is 47.0. The Kier molecular flexibility index (Phi) is 55.4. The summed E-state index contributed by atoms with van der Waals surface area (Å²) in [6.45, 7) is 32.0. The molecule has 0 aliphatic carbocycles. The lowest BCUT2D eigenvalue weighted by molar-refractivity contribution is -0.439. The van der Waals surface area contributed by atoms with E-state index in [-0.39, 0.29) is 64.1 Å². The third-order valence-corrected chi connectivity index (χ3v) is 21.2. The van der Waals surface area contributed by atoms with Crippen molar-refractivity contribution in [2.75, 3.05) is 36.5 Å². The molecule has 4 heterocycles. The van der Waals surface area contributed by atoms with Crippen LogP contribution in [0.2, 0.25) is 0 Å². The minimum atomic E-state index is -4.29. The van der Waals surface area contributed by atoms with Crippen LogP contribution in [-0.4, -0.2) is 204 Å². The van der Waals surface area contributed by atoms with E-state index in [2.05, 4.69) is 71.2 Å². The molecule has 0 unspecified atom stereocenters. The molecule has 0 spiro atoms. The molecular weight excluding hydrogens is 1760 g/mol. The monoisotopic (exact) mass is 1860 g/mol. The maximum absolute atomic E-state index is 13.1. The topological polar surface area (TPSA) is 552 Å². The third-order valence-electron chi connectivity index (χ3n) is 18.5. The number of ketones is 6. The van der Waals surface area contributed by atoms with Gasteiger partial charge in [0, 0.05) is 146 Å². The molecule has 0 saturated carbocycles. The number of aliphatic imine (C=N–C) groups is 1. The Morgan fingerprint density at radius 2 is 0.771 bits per heavy atom. The molecule has 4 aliphatic rings. The summed E-state index contributed by atoms with van der Waals surface area (Å²) in [7, 11) is -22.9. The maximum atomic E-state index is 13.1. The van der Waals surface area contributed by atoms with Crippen LogP contribution in [0.1, 0.15) is 330 Å². The molecule has 118 heavy (non-hydrogen) atoms. The average Bonchev–Trinajstić information content (AvgIpc) is 1.59. The molecular formula is C76H111BrN3O31S7+. The highest BCUT2D eigenvalue weighted by Crippen LogP contribution is 2.46. The molecule has 42 heteroatoms. The summed E-state index contributed by atoms with van der Waals surface area (Å²) in [5.41, 5.74) is 11.3. The molecule has 0 atom stereocenters. The predicted octanol–water partition coefficient (Wildman–Crippen LogP) is 11.8. The number of nitrogens with zero attached hydrogens (tertiary/aromatic N) is 3. The number of carboxylic acid groups (broad SMARTS) is 2. The van der Waals surface area contributed by atoms with Crippen molar-refractivity contribution in [3.8, 4) is 0 Å². The zero-order chi connectivity index (χ0) is 92.0. The standard InChI is InChI=1S/C26H37NO4.C22H31NO5S.C19H25NO2.C6H11BrO2.C3H6O3S.5O3S/c1-6-8-13-22(28)19-16-20(23(29)12-7-2)25-21(17-19)27(18(3)26(25,4)5)15-11-9-10-14-24(30)31;1-6-9-19(24)16-13-17(20(25)10-7-2)21-18(14-16)23(15(3)22(21,4)5)11-8-12-29(26,27)28;1-6-8-16(21)13-10-14(17(22)9-7-2)18-15(11-13)20-12(3)19(18,4)5;7-5-3-1-2-4-6(8)9;4-7(5)3-1-2-6-7;5*1-4(2)3/h16-17H,6-15H2,1-5H3;13-14H,6-12H2,1-5H3;10-11H,6-9H2,1-5H3;1-5H2,(H,8,9);1-3H2;;;;;/p+1. The van der Waals surface area contributed by atoms with Crippen molar-refractivity contribution < 1.29 is 146 Å². The molecule has 3 aromatic carbocycles. The van der Waals surface area contributed by atoms with Crippen molar-refractivity contribution >= 4 is 170 Å². The van der Waals surface area contributed by atoms with E-state index in [1.54, 1.807) is 12.1 Å². The Balaban J connectivity index is -0.00000139. The number of aliphatic carboxylic acids is 2. The molecule has 664 valence electrons. The van der Waals surface area contributed by atoms with Crippen LogP contribution in [0.5, 0.6) is 0 Å². The van der Waals surface area contributed by atoms with E-state index in [0.717, 1.165) is 134 Å². The number of carboxylic acids is 2. The van der Waals surface area contributed by atoms with Crippen molar-refractivity contribution in [3.05, 3.63) is 86.5 Å². The Morgan fingerprint density at radius 3 is 1.07 bits per heavy atom. The smallest absolute Gasteiger partial charge is 0.425 e. The van der Waals surface area contributed by atoms with Gasteiger partial charge < -0.3 is 14.8 Å². The van der Waals surface area contributed by atoms with E-state index in [9.17, 15) is 59.7 Å². The number of hydrogen-bond donors (Lipinski definition) is 2. The van der Waals surface area contributed by atoms with Gasteiger partial charge in [-0.3, -0.25) is 47.5 Å². The molecule has 34 nitrogen and oxygen atoms in total. The van der Waals surface area contributed by atoms with Gasteiger partial charge in [-0.25, -0.2) is 8.42 Å². The largest absolute Gasteiger partial charge is 0.748 e. The molecule has 3 aromatic rings. The van der Waals surface area contributed by atoms with Gasteiger partial charge in [0.2, 0.25) is 11.4 Å². The van der Waals surface area contributed by atoms with Gasteiger partial charge in [0.15, 0.2) is 46.1 Å². The van der Waals surface area contributed by atoms with Gasteiger partial charge >= 0.3 is 65.0 Å². The zero-order valence-electron chi connectivity index (χ0n) is 69.3. The lowest BCUT2D eigenvalue weighted by Crippen LogP contribution is -2.28. The average molecular weight is 1870 g/mol. The highest BCUT2D eigenvalue weighted by Gasteiger charge is 2.48. The van der Waals surface area contributed by atoms with Crippen molar-refractivity contribution in [1.29, 1.82) is 0 Å². The minimum Gasteiger partial charge on any atom is -0.748 e. The molecule has 0 radical (unpaired) electrons. The van der Waals surface area contributed by atoms with E-state index in [4.69, 9.17) is 73.3 Å². The number of carbonyl (C=O) groups is 8. The lowest BCUT2D eigenvalue weighted by Gasteiger charge is -2.23. The van der Waals surface area contributed by atoms with E-state index in [1.807, 2.05) is 91.2 Å². The van der Waals surface area contributed by atoms with Crippen LogP contribution >= 0.6 is 15.9 Å². The maximum Gasteiger partial charge on any atom is 0.425 e. The Bertz CT molecular complexity index is 4770. The summed E-state index contributed by atoms with van der Waals surface area (Å²) >= 11 is 3.27. The minimum absolute atomic E-state index is 0.00899. The number of alkyl halides is 1. The number of benzene rings is 3. The lowest BCUT2D eigenvalue weighted by atomic mass is 9.77. The van der Waals surface area contributed by atoms with Crippen LogP contribution in [0.15, 0.2) is 41.4 Å². The van der Waals surface area contributed by atoms with E-state index < -0.39 is 96.4 Å². The summed E-state index contributed by atoms with van der Waals surface area (Å²) in [4.78, 5) is 102.